The van der Waals surface area contributed by atoms with Crippen LogP contribution >= 0.6 is 11.6 Å². The first-order chi connectivity index (χ1) is 15.8. The zero-order valence-corrected chi connectivity index (χ0v) is 19.9. The van der Waals surface area contributed by atoms with Crippen molar-refractivity contribution in [1.82, 2.24) is 15.5 Å². The molecule has 3 N–H and O–H groups in total. The summed E-state index contributed by atoms with van der Waals surface area (Å²) in [7, 11) is 0. The fourth-order valence-electron chi connectivity index (χ4n) is 4.18. The van der Waals surface area contributed by atoms with E-state index in [0.29, 0.717) is 39.5 Å². The maximum absolute atomic E-state index is 14.0. The number of rotatable bonds is 6. The van der Waals surface area contributed by atoms with E-state index >= 15 is 0 Å². The van der Waals surface area contributed by atoms with E-state index in [2.05, 4.69) is 22.5 Å². The Bertz CT molecular complexity index is 1070. The molecule has 33 heavy (non-hydrogen) atoms. The van der Waals surface area contributed by atoms with Crippen molar-refractivity contribution in [3.05, 3.63) is 51.7 Å². The molecule has 1 saturated carbocycles. The Morgan fingerprint density at radius 2 is 2.12 bits per heavy atom. The van der Waals surface area contributed by atoms with Crippen molar-refractivity contribution >= 4 is 28.9 Å². The van der Waals surface area contributed by atoms with Crippen LogP contribution in [0.5, 0.6) is 5.75 Å². The molecule has 2 fully saturated rings. The number of benzene rings is 1. The van der Waals surface area contributed by atoms with Gasteiger partial charge in [-0.1, -0.05) is 18.5 Å². The average molecular weight is 474 g/mol. The highest BCUT2D eigenvalue weighted by Crippen LogP contribution is 2.31. The molecule has 2 heterocycles. The SMILES string of the molecule is CCCN[C@H]1C[C@@H](Oc2cc(F)ccc2C(=O)N2CC(=N)/C(=C3/N=C(C)C(Cl)=C(C)N3)C2)C1. The zero-order valence-electron chi connectivity index (χ0n) is 19.1. The van der Waals surface area contributed by atoms with Crippen LogP contribution in [0.4, 0.5) is 4.39 Å². The molecule has 1 aromatic rings. The second-order valence-corrected chi connectivity index (χ2v) is 9.11. The molecule has 9 heteroatoms. The van der Waals surface area contributed by atoms with Crippen LogP contribution in [0, 0.1) is 11.2 Å². The Morgan fingerprint density at radius 1 is 1.36 bits per heavy atom. The molecule has 0 aromatic heterocycles. The number of hydrogen-bond acceptors (Lipinski definition) is 6. The van der Waals surface area contributed by atoms with Gasteiger partial charge in [0.25, 0.3) is 5.91 Å². The first-order valence-electron chi connectivity index (χ1n) is 11.3. The van der Waals surface area contributed by atoms with Crippen LogP contribution in [0.25, 0.3) is 0 Å². The lowest BCUT2D eigenvalue weighted by Crippen LogP contribution is -2.47. The van der Waals surface area contributed by atoms with Crippen molar-refractivity contribution < 1.29 is 13.9 Å². The van der Waals surface area contributed by atoms with Gasteiger partial charge in [-0.05, 0) is 51.8 Å². The fourth-order valence-corrected chi connectivity index (χ4v) is 4.27. The molecule has 4 rings (SSSR count). The number of aliphatic imine (C=N–C) groups is 1. The molecule has 0 spiro atoms. The molecule has 0 atom stereocenters. The lowest BCUT2D eigenvalue weighted by Gasteiger charge is -2.36. The summed E-state index contributed by atoms with van der Waals surface area (Å²) < 4.78 is 20.0. The van der Waals surface area contributed by atoms with Crippen LogP contribution in [0.3, 0.4) is 0 Å². The molecule has 0 bridgehead atoms. The van der Waals surface area contributed by atoms with E-state index in [1.807, 2.05) is 6.92 Å². The predicted octanol–water partition coefficient (Wildman–Crippen LogP) is 3.96. The molecule has 1 saturated heterocycles. The zero-order chi connectivity index (χ0) is 23.7. The monoisotopic (exact) mass is 473 g/mol. The van der Waals surface area contributed by atoms with Gasteiger partial charge in [-0.15, -0.1) is 0 Å². The largest absolute Gasteiger partial charge is 0.489 e. The topological polar surface area (TPSA) is 89.8 Å². The van der Waals surface area contributed by atoms with Gasteiger partial charge in [0.2, 0.25) is 0 Å². The maximum Gasteiger partial charge on any atom is 0.258 e. The van der Waals surface area contributed by atoms with Crippen LogP contribution in [-0.2, 0) is 0 Å². The van der Waals surface area contributed by atoms with Crippen LogP contribution in [0.1, 0.15) is 50.4 Å². The number of amides is 1. The van der Waals surface area contributed by atoms with Gasteiger partial charge in [0.1, 0.15) is 23.5 Å². The summed E-state index contributed by atoms with van der Waals surface area (Å²) >= 11 is 6.20. The summed E-state index contributed by atoms with van der Waals surface area (Å²) in [6, 6.07) is 4.39. The third-order valence-corrected chi connectivity index (χ3v) is 6.67. The number of nitrogens with zero attached hydrogens (tertiary/aromatic N) is 2. The standard InChI is InChI=1S/C24H29ClFN5O2/c1-4-7-28-16-9-17(10-16)33-21-8-15(26)5-6-18(21)24(32)31-11-19(20(27)12-31)23-29-13(2)22(25)14(3)30-23/h5-6,8,16-17,27-29H,4,7,9-12H2,1-3H3/b23-19+,27-20?/t16-,17+. The summed E-state index contributed by atoms with van der Waals surface area (Å²) in [6.45, 7) is 7.10. The lowest BCUT2D eigenvalue weighted by molar-refractivity contribution is 0.0741. The smallest absolute Gasteiger partial charge is 0.258 e. The highest BCUT2D eigenvalue weighted by atomic mass is 35.5. The van der Waals surface area contributed by atoms with Crippen molar-refractivity contribution in [2.75, 3.05) is 19.6 Å². The van der Waals surface area contributed by atoms with E-state index in [9.17, 15) is 9.18 Å². The van der Waals surface area contributed by atoms with Crippen LogP contribution in [0.15, 0.2) is 45.3 Å². The van der Waals surface area contributed by atoms with E-state index in [0.717, 1.165) is 31.5 Å². The molecule has 176 valence electrons. The molecule has 0 radical (unpaired) electrons. The van der Waals surface area contributed by atoms with Gasteiger partial charge in [0.15, 0.2) is 0 Å². The lowest BCUT2D eigenvalue weighted by atomic mass is 9.89. The van der Waals surface area contributed by atoms with Gasteiger partial charge in [-0.25, -0.2) is 9.38 Å². The number of hydrogen-bond donors (Lipinski definition) is 3. The molecule has 1 amide bonds. The van der Waals surface area contributed by atoms with E-state index in [1.54, 1.807) is 11.8 Å². The maximum atomic E-state index is 14.0. The quantitative estimate of drug-likeness (QED) is 0.583. The second-order valence-electron chi connectivity index (χ2n) is 8.73. The third-order valence-electron chi connectivity index (χ3n) is 6.11. The Morgan fingerprint density at radius 3 is 2.82 bits per heavy atom. The van der Waals surface area contributed by atoms with Crippen molar-refractivity contribution in [3.63, 3.8) is 0 Å². The fraction of sp³-hybridized carbons (Fsp3) is 0.458. The average Bonchev–Trinajstić information content (AvgIpc) is 3.14. The Labute approximate surface area is 198 Å². The van der Waals surface area contributed by atoms with E-state index in [1.165, 1.54) is 18.2 Å². The molecular weight excluding hydrogens is 445 g/mol. The minimum absolute atomic E-state index is 0.0504. The number of likely N-dealkylation sites (tertiary alicyclic amines) is 1. The van der Waals surface area contributed by atoms with Crippen molar-refractivity contribution in [2.45, 2.75) is 52.2 Å². The molecule has 3 aliphatic rings. The van der Waals surface area contributed by atoms with Crippen molar-refractivity contribution in [3.8, 4) is 5.75 Å². The number of carbonyl (C=O) groups excluding carboxylic acids is 1. The van der Waals surface area contributed by atoms with Crippen LogP contribution < -0.4 is 15.4 Å². The van der Waals surface area contributed by atoms with Crippen molar-refractivity contribution in [2.24, 2.45) is 4.99 Å². The number of allylic oxidation sites excluding steroid dienone is 2. The van der Waals surface area contributed by atoms with Gasteiger partial charge in [-0.2, -0.15) is 0 Å². The molecule has 0 unspecified atom stereocenters. The summed E-state index contributed by atoms with van der Waals surface area (Å²) in [5.41, 5.74) is 2.66. The summed E-state index contributed by atoms with van der Waals surface area (Å²) in [6.07, 6.45) is 2.67. The predicted molar refractivity (Wildman–Crippen MR) is 128 cm³/mol. The van der Waals surface area contributed by atoms with E-state index < -0.39 is 5.82 Å². The number of carbonyl (C=O) groups is 1. The molecule has 2 aliphatic heterocycles. The van der Waals surface area contributed by atoms with Gasteiger partial charge in [-0.3, -0.25) is 4.79 Å². The summed E-state index contributed by atoms with van der Waals surface area (Å²) in [5, 5.41) is 15.5. The minimum Gasteiger partial charge on any atom is -0.489 e. The highest BCUT2D eigenvalue weighted by Gasteiger charge is 2.34. The highest BCUT2D eigenvalue weighted by molar-refractivity contribution is 6.43. The molecule has 1 aromatic carbocycles. The Balaban J connectivity index is 1.49. The number of halogens is 2. The Hall–Kier alpha value is -2.71. The molecule has 1 aliphatic carbocycles. The van der Waals surface area contributed by atoms with Gasteiger partial charge in [0, 0.05) is 23.4 Å². The van der Waals surface area contributed by atoms with E-state index in [4.69, 9.17) is 21.7 Å². The first kappa shape index (κ1) is 23.4. The van der Waals surface area contributed by atoms with Gasteiger partial charge < -0.3 is 25.7 Å². The molecular formula is C24H29ClFN5O2. The van der Waals surface area contributed by atoms with Gasteiger partial charge >= 0.3 is 0 Å². The summed E-state index contributed by atoms with van der Waals surface area (Å²) in [5.74, 6) is 0.0353. The van der Waals surface area contributed by atoms with Crippen LogP contribution in [0.2, 0.25) is 0 Å². The number of ether oxygens (including phenoxy) is 1. The first-order valence-corrected chi connectivity index (χ1v) is 11.6. The third kappa shape index (κ3) is 4.96. The Kier molecular flexibility index (Phi) is 6.86. The molecule has 7 nitrogen and oxygen atoms in total. The second kappa shape index (κ2) is 9.65. The minimum atomic E-state index is -0.450. The normalized spacial score (nSPS) is 25.1. The van der Waals surface area contributed by atoms with Gasteiger partial charge in [0.05, 0.1) is 35.1 Å². The van der Waals surface area contributed by atoms with E-state index in [-0.39, 0.29) is 30.9 Å². The van der Waals surface area contributed by atoms with Crippen LogP contribution in [-0.4, -0.2) is 54.0 Å². The van der Waals surface area contributed by atoms with Crippen molar-refractivity contribution in [1.29, 1.82) is 5.41 Å². The number of nitrogens with one attached hydrogen (secondary N) is 3. The summed E-state index contributed by atoms with van der Waals surface area (Å²) in [4.78, 5) is 19.4.